The summed E-state index contributed by atoms with van der Waals surface area (Å²) in [6.07, 6.45) is 1.72. The summed E-state index contributed by atoms with van der Waals surface area (Å²) in [6.45, 7) is 6.16. The standard InChI is InChI=1S/C25H23N3O5S/c1-16-5-4-6-22(13-16)33-12-11-26-24(29)23(34-25(26)30)15-19-14-17(2)27(18(19)3)20-7-9-21(10-8-20)28(31)32/h4-10,13-15H,11-12H2,1-3H3/b23-15-. The fraction of sp³-hybridized carbons (Fsp3) is 0.200. The molecule has 0 N–H and O–H groups in total. The number of benzene rings is 2. The minimum Gasteiger partial charge on any atom is -0.492 e. The van der Waals surface area contributed by atoms with Gasteiger partial charge in [-0.05, 0) is 80.1 Å². The smallest absolute Gasteiger partial charge is 0.293 e. The molecule has 3 aromatic rings. The number of nitro benzene ring substituents is 1. The number of carbonyl (C=O) groups excluding carboxylic acids is 2. The van der Waals surface area contributed by atoms with Gasteiger partial charge in [0.25, 0.3) is 16.8 Å². The second-order valence-corrected chi connectivity index (χ2v) is 8.93. The van der Waals surface area contributed by atoms with Crippen LogP contribution in [0.25, 0.3) is 11.8 Å². The van der Waals surface area contributed by atoms with Gasteiger partial charge < -0.3 is 9.30 Å². The average Bonchev–Trinajstić information content (AvgIpc) is 3.22. The first-order chi connectivity index (χ1) is 16.2. The van der Waals surface area contributed by atoms with Gasteiger partial charge in [-0.15, -0.1) is 0 Å². The van der Waals surface area contributed by atoms with Crippen molar-refractivity contribution in [3.63, 3.8) is 0 Å². The van der Waals surface area contributed by atoms with Crippen LogP contribution in [0.3, 0.4) is 0 Å². The highest BCUT2D eigenvalue weighted by atomic mass is 32.2. The first-order valence-corrected chi connectivity index (χ1v) is 11.4. The first-order valence-electron chi connectivity index (χ1n) is 10.6. The van der Waals surface area contributed by atoms with E-state index in [9.17, 15) is 19.7 Å². The SMILES string of the molecule is Cc1cccc(OCCN2C(=O)S/C(=C\c3cc(C)n(-c4ccc([N+](=O)[O-])cc4)c3C)C2=O)c1. The Morgan fingerprint density at radius 3 is 2.47 bits per heavy atom. The van der Waals surface area contributed by atoms with E-state index in [-0.39, 0.29) is 30.0 Å². The topological polar surface area (TPSA) is 94.7 Å². The van der Waals surface area contributed by atoms with Gasteiger partial charge in [-0.1, -0.05) is 12.1 Å². The number of amides is 2. The summed E-state index contributed by atoms with van der Waals surface area (Å²) < 4.78 is 7.64. The maximum Gasteiger partial charge on any atom is 0.293 e. The molecule has 8 nitrogen and oxygen atoms in total. The molecule has 2 heterocycles. The first kappa shape index (κ1) is 23.3. The molecule has 1 aliphatic heterocycles. The number of hydrogen-bond donors (Lipinski definition) is 0. The van der Waals surface area contributed by atoms with Gasteiger partial charge in [0.2, 0.25) is 0 Å². The van der Waals surface area contributed by atoms with E-state index in [4.69, 9.17) is 4.74 Å². The fourth-order valence-corrected chi connectivity index (χ4v) is 4.70. The zero-order chi connectivity index (χ0) is 24.4. The lowest BCUT2D eigenvalue weighted by Gasteiger charge is -2.13. The van der Waals surface area contributed by atoms with Crippen molar-refractivity contribution in [2.75, 3.05) is 13.2 Å². The number of nitro groups is 1. The zero-order valence-corrected chi connectivity index (χ0v) is 19.8. The number of imide groups is 1. The molecule has 1 aromatic heterocycles. The van der Waals surface area contributed by atoms with Gasteiger partial charge in [0.1, 0.15) is 12.4 Å². The lowest BCUT2D eigenvalue weighted by molar-refractivity contribution is -0.384. The molecule has 0 radical (unpaired) electrons. The van der Waals surface area contributed by atoms with E-state index in [1.807, 2.05) is 55.7 Å². The molecular formula is C25H23N3O5S. The number of aromatic nitrogens is 1. The summed E-state index contributed by atoms with van der Waals surface area (Å²) in [6, 6.07) is 15.8. The molecule has 0 bridgehead atoms. The van der Waals surface area contributed by atoms with Gasteiger partial charge in [0, 0.05) is 29.2 Å². The van der Waals surface area contributed by atoms with Gasteiger partial charge >= 0.3 is 0 Å². The second-order valence-electron chi connectivity index (χ2n) is 7.93. The van der Waals surface area contributed by atoms with Gasteiger partial charge in [0.15, 0.2) is 0 Å². The van der Waals surface area contributed by atoms with Crippen LogP contribution < -0.4 is 4.74 Å². The maximum absolute atomic E-state index is 12.9. The molecule has 1 fully saturated rings. The highest BCUT2D eigenvalue weighted by Gasteiger charge is 2.35. The molecule has 1 aliphatic rings. The van der Waals surface area contributed by atoms with Crippen molar-refractivity contribution in [1.82, 2.24) is 9.47 Å². The van der Waals surface area contributed by atoms with Crippen LogP contribution in [-0.2, 0) is 4.79 Å². The molecule has 0 atom stereocenters. The summed E-state index contributed by atoms with van der Waals surface area (Å²) in [5.41, 5.74) is 4.44. The second kappa shape index (κ2) is 9.56. The molecule has 1 saturated heterocycles. The Morgan fingerprint density at radius 2 is 1.79 bits per heavy atom. The minimum atomic E-state index is -0.438. The van der Waals surface area contributed by atoms with E-state index < -0.39 is 4.92 Å². The minimum absolute atomic E-state index is 0.0199. The van der Waals surface area contributed by atoms with E-state index in [0.717, 1.165) is 40.0 Å². The molecule has 34 heavy (non-hydrogen) atoms. The zero-order valence-electron chi connectivity index (χ0n) is 19.0. The number of thioether (sulfide) groups is 1. The predicted molar refractivity (Wildman–Crippen MR) is 131 cm³/mol. The van der Waals surface area contributed by atoms with Crippen molar-refractivity contribution < 1.29 is 19.2 Å². The van der Waals surface area contributed by atoms with Crippen LogP contribution in [0.15, 0.2) is 59.5 Å². The Labute approximate surface area is 201 Å². The van der Waals surface area contributed by atoms with Crippen LogP contribution in [0.2, 0.25) is 0 Å². The van der Waals surface area contributed by atoms with Gasteiger partial charge in [-0.3, -0.25) is 24.6 Å². The normalized spacial score (nSPS) is 14.8. The number of ether oxygens (including phenoxy) is 1. The lowest BCUT2D eigenvalue weighted by atomic mass is 10.2. The molecule has 4 rings (SSSR count). The number of aryl methyl sites for hydroxylation is 2. The van der Waals surface area contributed by atoms with E-state index in [0.29, 0.717) is 10.7 Å². The van der Waals surface area contributed by atoms with Gasteiger partial charge in [0.05, 0.1) is 16.4 Å². The van der Waals surface area contributed by atoms with Crippen molar-refractivity contribution in [3.05, 3.63) is 92.1 Å². The van der Waals surface area contributed by atoms with E-state index >= 15 is 0 Å². The predicted octanol–water partition coefficient (Wildman–Crippen LogP) is 5.43. The van der Waals surface area contributed by atoms with Crippen molar-refractivity contribution in [1.29, 1.82) is 0 Å². The summed E-state index contributed by atoms with van der Waals surface area (Å²) in [5.74, 6) is 0.351. The molecular weight excluding hydrogens is 454 g/mol. The van der Waals surface area contributed by atoms with Crippen molar-refractivity contribution in [3.8, 4) is 11.4 Å². The van der Waals surface area contributed by atoms with Crippen LogP contribution in [0.4, 0.5) is 10.5 Å². The highest BCUT2D eigenvalue weighted by Crippen LogP contribution is 2.34. The quantitative estimate of drug-likeness (QED) is 0.256. The Kier molecular flexibility index (Phi) is 6.56. The van der Waals surface area contributed by atoms with E-state index in [2.05, 4.69) is 0 Å². The van der Waals surface area contributed by atoms with Crippen molar-refractivity contribution in [2.45, 2.75) is 20.8 Å². The molecule has 9 heteroatoms. The summed E-state index contributed by atoms with van der Waals surface area (Å²) >= 11 is 0.909. The van der Waals surface area contributed by atoms with Gasteiger partial charge in [-0.2, -0.15) is 0 Å². The molecule has 174 valence electrons. The fourth-order valence-electron chi connectivity index (χ4n) is 3.85. The van der Waals surface area contributed by atoms with Crippen LogP contribution in [0.1, 0.15) is 22.5 Å². The van der Waals surface area contributed by atoms with Crippen LogP contribution in [0.5, 0.6) is 5.75 Å². The molecule has 0 spiro atoms. The summed E-state index contributed by atoms with van der Waals surface area (Å²) in [4.78, 5) is 37.4. The third-order valence-electron chi connectivity index (χ3n) is 5.52. The summed E-state index contributed by atoms with van der Waals surface area (Å²) in [7, 11) is 0. The number of nitrogens with zero attached hydrogens (tertiary/aromatic N) is 3. The Bertz CT molecular complexity index is 1310. The number of non-ortho nitro benzene ring substituents is 1. The van der Waals surface area contributed by atoms with Crippen LogP contribution >= 0.6 is 11.8 Å². The van der Waals surface area contributed by atoms with Crippen LogP contribution in [0, 0.1) is 30.9 Å². The van der Waals surface area contributed by atoms with Crippen molar-refractivity contribution >= 4 is 34.7 Å². The lowest BCUT2D eigenvalue weighted by Crippen LogP contribution is -2.32. The number of carbonyl (C=O) groups is 2. The monoisotopic (exact) mass is 477 g/mol. The Hall–Kier alpha value is -3.85. The third kappa shape index (κ3) is 4.74. The number of rotatable bonds is 7. The number of hydrogen-bond acceptors (Lipinski definition) is 6. The largest absolute Gasteiger partial charge is 0.492 e. The maximum atomic E-state index is 12.9. The average molecular weight is 478 g/mol. The molecule has 0 aliphatic carbocycles. The molecule has 2 amide bonds. The molecule has 0 saturated carbocycles. The molecule has 2 aromatic carbocycles. The van der Waals surface area contributed by atoms with Crippen molar-refractivity contribution in [2.24, 2.45) is 0 Å². The van der Waals surface area contributed by atoms with Gasteiger partial charge in [-0.25, -0.2) is 0 Å². The van der Waals surface area contributed by atoms with Crippen LogP contribution in [-0.4, -0.2) is 38.7 Å². The van der Waals surface area contributed by atoms with E-state index in [1.165, 1.54) is 17.0 Å². The Morgan fingerprint density at radius 1 is 1.06 bits per heavy atom. The highest BCUT2D eigenvalue weighted by molar-refractivity contribution is 8.18. The molecule has 0 unspecified atom stereocenters. The van der Waals surface area contributed by atoms with E-state index in [1.54, 1.807) is 18.2 Å². The Balaban J connectivity index is 1.49. The summed E-state index contributed by atoms with van der Waals surface area (Å²) in [5, 5.41) is 10.6. The third-order valence-corrected chi connectivity index (χ3v) is 6.43.